The van der Waals surface area contributed by atoms with Crippen LogP contribution in [-0.4, -0.2) is 58.5 Å². The molecule has 0 radical (unpaired) electrons. The third kappa shape index (κ3) is 7.87. The van der Waals surface area contributed by atoms with Crippen molar-refractivity contribution < 1.29 is 17.9 Å². The molecule has 0 aliphatic carbocycles. The summed E-state index contributed by atoms with van der Waals surface area (Å²) in [5, 5.41) is 2.76. The number of nitrogens with one attached hydrogen (secondary N) is 1. The molecule has 0 fully saturated rings. The molecule has 0 saturated heterocycles. The van der Waals surface area contributed by atoms with Crippen LogP contribution in [0.4, 0.5) is 0 Å². The number of benzene rings is 2. The van der Waals surface area contributed by atoms with Crippen LogP contribution in [0.2, 0.25) is 0 Å². The Labute approximate surface area is 173 Å². The maximum absolute atomic E-state index is 12.3. The van der Waals surface area contributed by atoms with E-state index >= 15 is 0 Å². The molecule has 1 unspecified atom stereocenters. The van der Waals surface area contributed by atoms with Gasteiger partial charge < -0.3 is 15.0 Å². The van der Waals surface area contributed by atoms with Crippen LogP contribution in [0.1, 0.15) is 23.6 Å². The average Bonchev–Trinajstić information content (AvgIpc) is 2.68. The molecule has 0 saturated carbocycles. The monoisotopic (exact) mass is 418 g/mol. The quantitative estimate of drug-likeness (QED) is 0.607. The van der Waals surface area contributed by atoms with Crippen LogP contribution in [0.25, 0.3) is 0 Å². The van der Waals surface area contributed by atoms with Gasteiger partial charge in [0.05, 0.1) is 18.9 Å². The summed E-state index contributed by atoms with van der Waals surface area (Å²) in [7, 11) is 2.01. The Morgan fingerprint density at radius 2 is 1.72 bits per heavy atom. The van der Waals surface area contributed by atoms with Crippen LogP contribution in [-0.2, 0) is 21.1 Å². The Hall–Kier alpha value is -2.38. The van der Waals surface area contributed by atoms with Crippen LogP contribution in [0.5, 0.6) is 5.75 Å². The number of likely N-dealkylation sites (N-methyl/N-ethyl adjacent to an activating group) is 1. The van der Waals surface area contributed by atoms with Gasteiger partial charge in [-0.25, -0.2) is 8.42 Å². The minimum atomic E-state index is -3.43. The molecule has 0 aliphatic rings. The number of methoxy groups -OCH3 is 1. The highest BCUT2D eigenvalue weighted by Crippen LogP contribution is 2.20. The molecule has 1 amide bonds. The minimum Gasteiger partial charge on any atom is -0.497 e. The molecule has 1 N–H and O–H groups in total. The average molecular weight is 419 g/mol. The molecule has 0 aliphatic heterocycles. The van der Waals surface area contributed by atoms with Crippen molar-refractivity contribution in [2.45, 2.75) is 18.9 Å². The van der Waals surface area contributed by atoms with E-state index in [1.807, 2.05) is 73.6 Å². The number of sulfone groups is 1. The van der Waals surface area contributed by atoms with Crippen LogP contribution < -0.4 is 10.1 Å². The van der Waals surface area contributed by atoms with Crippen molar-refractivity contribution in [2.24, 2.45) is 0 Å². The van der Waals surface area contributed by atoms with Crippen molar-refractivity contribution in [3.63, 3.8) is 0 Å². The Balaban J connectivity index is 1.84. The zero-order chi connectivity index (χ0) is 21.3. The Kier molecular flexibility index (Phi) is 8.67. The Bertz CT molecular complexity index is 865. The molecular formula is C22H30N2O4S. The lowest BCUT2D eigenvalue weighted by atomic mass is 10.1. The van der Waals surface area contributed by atoms with Crippen molar-refractivity contribution in [3.8, 4) is 5.75 Å². The summed E-state index contributed by atoms with van der Waals surface area (Å²) in [6.07, 6.45) is 1.19. The predicted octanol–water partition coefficient (Wildman–Crippen LogP) is 2.46. The highest BCUT2D eigenvalue weighted by atomic mass is 32.2. The molecule has 2 rings (SSSR count). The molecule has 2 aromatic rings. The maximum atomic E-state index is 12.3. The van der Waals surface area contributed by atoms with Crippen molar-refractivity contribution >= 4 is 15.7 Å². The van der Waals surface area contributed by atoms with Gasteiger partial charge in [-0.15, -0.1) is 0 Å². The van der Waals surface area contributed by atoms with Gasteiger partial charge in [-0.2, -0.15) is 0 Å². The van der Waals surface area contributed by atoms with Gasteiger partial charge in [-0.05, 0) is 50.2 Å². The summed E-state index contributed by atoms with van der Waals surface area (Å²) in [4.78, 5) is 14.2. The molecule has 0 heterocycles. The minimum absolute atomic E-state index is 0.00486. The van der Waals surface area contributed by atoms with Gasteiger partial charge in [0, 0.05) is 6.54 Å². The summed E-state index contributed by atoms with van der Waals surface area (Å²) >= 11 is 0. The molecular weight excluding hydrogens is 388 g/mol. The van der Waals surface area contributed by atoms with E-state index in [-0.39, 0.29) is 11.8 Å². The number of carbonyl (C=O) groups excluding carboxylic acids is 1. The van der Waals surface area contributed by atoms with E-state index < -0.39 is 21.5 Å². The van der Waals surface area contributed by atoms with Crippen molar-refractivity contribution in [2.75, 3.05) is 39.3 Å². The summed E-state index contributed by atoms with van der Waals surface area (Å²) in [5.74, 6) is -0.183. The second-order valence-corrected chi connectivity index (χ2v) is 9.42. The third-order valence-corrected chi connectivity index (χ3v) is 6.34. The van der Waals surface area contributed by atoms with Gasteiger partial charge in [-0.1, -0.05) is 42.5 Å². The first-order valence-electron chi connectivity index (χ1n) is 9.62. The molecule has 1 atom stereocenters. The van der Waals surface area contributed by atoms with Gasteiger partial charge in [0.1, 0.15) is 11.5 Å². The number of amides is 1. The van der Waals surface area contributed by atoms with E-state index in [0.717, 1.165) is 16.9 Å². The van der Waals surface area contributed by atoms with E-state index in [9.17, 15) is 13.2 Å². The van der Waals surface area contributed by atoms with Crippen molar-refractivity contribution in [1.29, 1.82) is 0 Å². The predicted molar refractivity (Wildman–Crippen MR) is 116 cm³/mol. The second-order valence-electron chi connectivity index (χ2n) is 7.24. The summed E-state index contributed by atoms with van der Waals surface area (Å²) in [6, 6.07) is 17.3. The first-order chi connectivity index (χ1) is 13.8. The van der Waals surface area contributed by atoms with Gasteiger partial charge in [0.15, 0.2) is 9.84 Å². The largest absolute Gasteiger partial charge is 0.497 e. The number of hydrogen-bond acceptors (Lipinski definition) is 5. The number of rotatable bonds is 11. The second kappa shape index (κ2) is 11.0. The first kappa shape index (κ1) is 22.9. The highest BCUT2D eigenvalue weighted by Gasteiger charge is 2.19. The van der Waals surface area contributed by atoms with Crippen LogP contribution >= 0.6 is 0 Å². The van der Waals surface area contributed by atoms with Gasteiger partial charge in [-0.3, -0.25) is 4.79 Å². The standard InChI is InChI=1S/C22H30N2O4S/c1-24(2)21(19-11-13-20(28-3)14-12-19)16-23-22(25)17-29(26,27)15-7-10-18-8-5-4-6-9-18/h4-6,8-9,11-14,21H,7,10,15-17H2,1-3H3,(H,23,25). The zero-order valence-corrected chi connectivity index (χ0v) is 18.1. The number of hydrogen-bond donors (Lipinski definition) is 1. The van der Waals surface area contributed by atoms with Crippen molar-refractivity contribution in [1.82, 2.24) is 10.2 Å². The van der Waals surface area contributed by atoms with Gasteiger partial charge in [0.2, 0.25) is 5.91 Å². The normalized spacial score (nSPS) is 12.6. The van der Waals surface area contributed by atoms with E-state index in [4.69, 9.17) is 4.74 Å². The van der Waals surface area contributed by atoms with Crippen LogP contribution in [0.15, 0.2) is 54.6 Å². The lowest BCUT2D eigenvalue weighted by Gasteiger charge is -2.25. The fraction of sp³-hybridized carbons (Fsp3) is 0.409. The Morgan fingerprint density at radius 1 is 1.07 bits per heavy atom. The van der Waals surface area contributed by atoms with E-state index in [1.165, 1.54) is 0 Å². The molecule has 7 heteroatoms. The molecule has 2 aromatic carbocycles. The molecule has 158 valence electrons. The zero-order valence-electron chi connectivity index (χ0n) is 17.3. The fourth-order valence-corrected chi connectivity index (χ4v) is 4.33. The molecule has 0 aromatic heterocycles. The summed E-state index contributed by atoms with van der Waals surface area (Å²) < 4.78 is 29.7. The molecule has 6 nitrogen and oxygen atoms in total. The SMILES string of the molecule is COc1ccc(C(CNC(=O)CS(=O)(=O)CCCc2ccccc2)N(C)C)cc1. The highest BCUT2D eigenvalue weighted by molar-refractivity contribution is 7.92. The molecule has 0 bridgehead atoms. The number of nitrogens with zero attached hydrogens (tertiary/aromatic N) is 1. The first-order valence-corrected chi connectivity index (χ1v) is 11.4. The maximum Gasteiger partial charge on any atom is 0.235 e. The number of aryl methyl sites for hydroxylation is 1. The molecule has 29 heavy (non-hydrogen) atoms. The van der Waals surface area contributed by atoms with E-state index in [0.29, 0.717) is 19.4 Å². The Morgan fingerprint density at radius 3 is 2.31 bits per heavy atom. The van der Waals surface area contributed by atoms with Crippen LogP contribution in [0.3, 0.4) is 0 Å². The summed E-state index contributed by atoms with van der Waals surface area (Å²) in [5.41, 5.74) is 2.11. The summed E-state index contributed by atoms with van der Waals surface area (Å²) in [6.45, 7) is 0.331. The third-order valence-electron chi connectivity index (χ3n) is 4.73. The van der Waals surface area contributed by atoms with Gasteiger partial charge >= 0.3 is 0 Å². The number of carbonyl (C=O) groups is 1. The van der Waals surface area contributed by atoms with Gasteiger partial charge in [0.25, 0.3) is 0 Å². The van der Waals surface area contributed by atoms with Crippen molar-refractivity contribution in [3.05, 3.63) is 65.7 Å². The van der Waals surface area contributed by atoms with E-state index in [2.05, 4.69) is 5.32 Å². The van der Waals surface area contributed by atoms with Crippen LogP contribution in [0, 0.1) is 0 Å². The number of ether oxygens (including phenoxy) is 1. The lowest BCUT2D eigenvalue weighted by Crippen LogP contribution is -2.37. The molecule has 0 spiro atoms. The smallest absolute Gasteiger partial charge is 0.235 e. The van der Waals surface area contributed by atoms with E-state index in [1.54, 1.807) is 7.11 Å². The fourth-order valence-electron chi connectivity index (χ4n) is 3.10. The lowest BCUT2D eigenvalue weighted by molar-refractivity contribution is -0.118. The topological polar surface area (TPSA) is 75.7 Å².